The van der Waals surface area contributed by atoms with Gasteiger partial charge in [0.2, 0.25) is 5.91 Å². The Balaban J connectivity index is 1.54. The van der Waals surface area contributed by atoms with Crippen LogP contribution in [0.1, 0.15) is 48.5 Å². The number of esters is 1. The molecule has 1 aliphatic heterocycles. The summed E-state index contributed by atoms with van der Waals surface area (Å²) in [6.45, 7) is 4.64. The van der Waals surface area contributed by atoms with E-state index in [1.165, 1.54) is 0 Å². The van der Waals surface area contributed by atoms with Gasteiger partial charge in [-0.05, 0) is 62.2 Å². The molecular weight excluding hydrogens is 435 g/mol. The highest BCUT2D eigenvalue weighted by Crippen LogP contribution is 2.28. The molecule has 0 saturated carbocycles. The van der Waals surface area contributed by atoms with E-state index in [9.17, 15) is 9.59 Å². The topological polar surface area (TPSA) is 58.6 Å². The number of hydrogen-bond acceptors (Lipinski definition) is 4. The van der Waals surface area contributed by atoms with Crippen LogP contribution < -0.4 is 5.32 Å². The number of benzene rings is 2. The second-order valence-corrected chi connectivity index (χ2v) is 8.64. The normalized spacial score (nSPS) is 16.7. The van der Waals surface area contributed by atoms with Crippen molar-refractivity contribution in [2.75, 3.05) is 25.0 Å². The van der Waals surface area contributed by atoms with Crippen LogP contribution in [0.2, 0.25) is 10.0 Å². The monoisotopic (exact) mass is 462 g/mol. The van der Waals surface area contributed by atoms with Gasteiger partial charge in [-0.25, -0.2) is 4.79 Å². The van der Waals surface area contributed by atoms with Gasteiger partial charge in [0.25, 0.3) is 0 Å². The van der Waals surface area contributed by atoms with E-state index in [0.29, 0.717) is 41.0 Å². The molecule has 0 aromatic heterocycles. The summed E-state index contributed by atoms with van der Waals surface area (Å²) in [4.78, 5) is 27.0. The molecule has 5 nitrogen and oxygen atoms in total. The molecule has 0 unspecified atom stereocenters. The van der Waals surface area contributed by atoms with E-state index < -0.39 is 0 Å². The zero-order valence-electron chi connectivity index (χ0n) is 17.7. The van der Waals surface area contributed by atoms with Crippen LogP contribution >= 0.6 is 23.2 Å². The number of halogens is 2. The Morgan fingerprint density at radius 2 is 1.84 bits per heavy atom. The Kier molecular flexibility index (Phi) is 8.76. The Morgan fingerprint density at radius 3 is 2.52 bits per heavy atom. The van der Waals surface area contributed by atoms with Gasteiger partial charge in [0.05, 0.1) is 18.1 Å². The summed E-state index contributed by atoms with van der Waals surface area (Å²) in [5.74, 6) is -0.477. The number of rotatable bonds is 8. The smallest absolute Gasteiger partial charge is 0.338 e. The number of ether oxygens (including phenoxy) is 1. The lowest BCUT2D eigenvalue weighted by Crippen LogP contribution is -2.40. The quantitative estimate of drug-likeness (QED) is 0.397. The maximum atomic E-state index is 12.8. The van der Waals surface area contributed by atoms with Crippen molar-refractivity contribution in [2.45, 2.75) is 39.2 Å². The van der Waals surface area contributed by atoms with Gasteiger partial charge in [-0.3, -0.25) is 9.69 Å². The molecule has 166 valence electrons. The summed E-state index contributed by atoms with van der Waals surface area (Å²) >= 11 is 12.6. The molecule has 3 rings (SSSR count). The van der Waals surface area contributed by atoms with Gasteiger partial charge in [0.15, 0.2) is 0 Å². The summed E-state index contributed by atoms with van der Waals surface area (Å²) in [7, 11) is 0. The van der Waals surface area contributed by atoms with E-state index in [2.05, 4.69) is 10.2 Å². The number of nitrogens with one attached hydrogen (secondary N) is 1. The van der Waals surface area contributed by atoms with Crippen molar-refractivity contribution in [2.24, 2.45) is 5.92 Å². The van der Waals surface area contributed by atoms with Gasteiger partial charge >= 0.3 is 5.97 Å². The van der Waals surface area contributed by atoms with Crippen molar-refractivity contribution in [1.82, 2.24) is 4.90 Å². The number of carbonyl (C=O) groups excluding carboxylic acids is 2. The third-order valence-electron chi connectivity index (χ3n) is 5.44. The van der Waals surface area contributed by atoms with Crippen molar-refractivity contribution in [3.8, 4) is 0 Å². The summed E-state index contributed by atoms with van der Waals surface area (Å²) in [5.41, 5.74) is 2.05. The molecule has 0 spiro atoms. The van der Waals surface area contributed by atoms with Crippen LogP contribution in [0.4, 0.5) is 5.69 Å². The molecule has 0 radical (unpaired) electrons. The summed E-state index contributed by atoms with van der Waals surface area (Å²) in [6, 6.07) is 12.3. The van der Waals surface area contributed by atoms with E-state index in [4.69, 9.17) is 27.9 Å². The second kappa shape index (κ2) is 11.5. The average molecular weight is 463 g/mol. The van der Waals surface area contributed by atoms with Crippen molar-refractivity contribution < 1.29 is 14.3 Å². The highest BCUT2D eigenvalue weighted by molar-refractivity contribution is 6.35. The fraction of sp³-hybridized carbons (Fsp3) is 0.417. The summed E-state index contributed by atoms with van der Waals surface area (Å²) in [6.07, 6.45) is 3.59. The SMILES string of the molecule is CCCCOC(=O)c1ccc(NC(=O)[C@H]2CCCN(Cc3c(Cl)cccc3Cl)C2)cc1. The number of amides is 1. The lowest BCUT2D eigenvalue weighted by Gasteiger charge is -2.32. The molecule has 1 atom stereocenters. The van der Waals surface area contributed by atoms with Gasteiger partial charge < -0.3 is 10.1 Å². The molecule has 1 fully saturated rings. The van der Waals surface area contributed by atoms with Gasteiger partial charge in [-0.15, -0.1) is 0 Å². The fourth-order valence-corrected chi connectivity index (χ4v) is 4.16. The molecule has 0 bridgehead atoms. The molecule has 31 heavy (non-hydrogen) atoms. The first kappa shape index (κ1) is 23.6. The number of unbranched alkanes of at least 4 members (excludes halogenated alkanes) is 1. The van der Waals surface area contributed by atoms with Gasteiger partial charge in [-0.2, -0.15) is 0 Å². The van der Waals surface area contributed by atoms with E-state index >= 15 is 0 Å². The minimum atomic E-state index is -0.340. The molecule has 1 saturated heterocycles. The van der Waals surface area contributed by atoms with Crippen LogP contribution in [0.15, 0.2) is 42.5 Å². The Bertz CT molecular complexity index is 882. The lowest BCUT2D eigenvalue weighted by molar-refractivity contribution is -0.121. The molecule has 1 aliphatic rings. The Labute approximate surface area is 193 Å². The van der Waals surface area contributed by atoms with Crippen molar-refractivity contribution in [3.05, 3.63) is 63.6 Å². The number of piperidine rings is 1. The van der Waals surface area contributed by atoms with E-state index in [0.717, 1.165) is 37.8 Å². The highest BCUT2D eigenvalue weighted by atomic mass is 35.5. The number of nitrogens with zero attached hydrogens (tertiary/aromatic N) is 1. The van der Waals surface area contributed by atoms with Crippen LogP contribution in [-0.2, 0) is 16.1 Å². The molecule has 1 N–H and O–H groups in total. The Morgan fingerprint density at radius 1 is 1.13 bits per heavy atom. The van der Waals surface area contributed by atoms with Gasteiger partial charge in [0, 0.05) is 34.4 Å². The van der Waals surface area contributed by atoms with Crippen molar-refractivity contribution >= 4 is 40.8 Å². The molecule has 1 heterocycles. The van der Waals surface area contributed by atoms with Crippen LogP contribution in [-0.4, -0.2) is 36.5 Å². The number of carbonyl (C=O) groups is 2. The third-order valence-corrected chi connectivity index (χ3v) is 6.15. The summed E-state index contributed by atoms with van der Waals surface area (Å²) in [5, 5.41) is 4.26. The number of likely N-dealkylation sites (tertiary alicyclic amines) is 1. The molecule has 0 aliphatic carbocycles. The molecule has 2 aromatic rings. The van der Waals surface area contributed by atoms with Crippen LogP contribution in [0.5, 0.6) is 0 Å². The molecule has 2 aromatic carbocycles. The van der Waals surface area contributed by atoms with E-state index in [1.807, 2.05) is 25.1 Å². The van der Waals surface area contributed by atoms with Gasteiger partial charge in [0.1, 0.15) is 0 Å². The fourth-order valence-electron chi connectivity index (χ4n) is 3.65. The second-order valence-electron chi connectivity index (χ2n) is 7.83. The maximum Gasteiger partial charge on any atom is 0.338 e. The zero-order chi connectivity index (χ0) is 22.2. The summed E-state index contributed by atoms with van der Waals surface area (Å²) < 4.78 is 5.21. The van der Waals surface area contributed by atoms with Crippen LogP contribution in [0, 0.1) is 5.92 Å². The van der Waals surface area contributed by atoms with E-state index in [-0.39, 0.29) is 17.8 Å². The number of hydrogen-bond donors (Lipinski definition) is 1. The first-order valence-corrected chi connectivity index (χ1v) is 11.5. The van der Waals surface area contributed by atoms with Crippen molar-refractivity contribution in [1.29, 1.82) is 0 Å². The standard InChI is InChI=1S/C24H28Cl2N2O3/c1-2-3-14-31-24(30)17-9-11-19(12-10-17)27-23(29)18-6-5-13-28(15-18)16-20-21(25)7-4-8-22(20)26/h4,7-12,18H,2-3,5-6,13-16H2,1H3,(H,27,29)/t18-/m0/s1. The first-order chi connectivity index (χ1) is 15.0. The lowest BCUT2D eigenvalue weighted by atomic mass is 9.96. The third kappa shape index (κ3) is 6.70. The van der Waals surface area contributed by atoms with Crippen LogP contribution in [0.3, 0.4) is 0 Å². The Hall–Kier alpha value is -2.08. The maximum absolute atomic E-state index is 12.8. The minimum Gasteiger partial charge on any atom is -0.462 e. The predicted molar refractivity (Wildman–Crippen MR) is 125 cm³/mol. The van der Waals surface area contributed by atoms with E-state index in [1.54, 1.807) is 24.3 Å². The molecular formula is C24H28Cl2N2O3. The molecule has 1 amide bonds. The average Bonchev–Trinajstić information content (AvgIpc) is 2.77. The first-order valence-electron chi connectivity index (χ1n) is 10.7. The minimum absolute atomic E-state index is 0.0202. The highest BCUT2D eigenvalue weighted by Gasteiger charge is 2.26. The van der Waals surface area contributed by atoms with Gasteiger partial charge in [-0.1, -0.05) is 42.6 Å². The van der Waals surface area contributed by atoms with Crippen LogP contribution in [0.25, 0.3) is 0 Å². The largest absolute Gasteiger partial charge is 0.462 e. The molecule has 7 heteroatoms. The van der Waals surface area contributed by atoms with Crippen molar-refractivity contribution in [3.63, 3.8) is 0 Å². The number of anilines is 1. The zero-order valence-corrected chi connectivity index (χ0v) is 19.2. The predicted octanol–water partition coefficient (Wildman–Crippen LogP) is 5.80.